The third-order valence-electron chi connectivity index (χ3n) is 2.48. The van der Waals surface area contributed by atoms with Gasteiger partial charge >= 0.3 is 5.97 Å². The van der Waals surface area contributed by atoms with Crippen LogP contribution in [0.25, 0.3) is 11.5 Å². The molecular weight excluding hydrogens is 232 g/mol. The van der Waals surface area contributed by atoms with Crippen molar-refractivity contribution in [3.8, 4) is 11.5 Å². The van der Waals surface area contributed by atoms with Crippen LogP contribution in [0, 0.1) is 0 Å². The average molecular weight is 246 g/mol. The molecule has 1 N–H and O–H groups in total. The summed E-state index contributed by atoms with van der Waals surface area (Å²) >= 11 is 0. The van der Waals surface area contributed by atoms with E-state index in [1.54, 1.807) is 18.2 Å². The molecule has 0 spiro atoms. The maximum Gasteiger partial charge on any atom is 0.336 e. The van der Waals surface area contributed by atoms with Crippen LogP contribution in [0.1, 0.15) is 37.0 Å². The van der Waals surface area contributed by atoms with Crippen LogP contribution in [0.15, 0.2) is 28.8 Å². The van der Waals surface area contributed by atoms with E-state index < -0.39 is 5.97 Å². The zero-order valence-electron chi connectivity index (χ0n) is 10.5. The standard InChI is InChI=1S/C13H14N2O3/c1-13(2,3)12-14-10(18-15-12)8-6-4-5-7-9(8)11(16)17/h4-7H,1-3H3,(H,16,17). The highest BCUT2D eigenvalue weighted by Crippen LogP contribution is 2.25. The number of benzene rings is 1. The van der Waals surface area contributed by atoms with Crippen LogP contribution < -0.4 is 0 Å². The molecule has 5 nitrogen and oxygen atoms in total. The van der Waals surface area contributed by atoms with E-state index in [-0.39, 0.29) is 16.9 Å². The van der Waals surface area contributed by atoms with Crippen LogP contribution in [0.3, 0.4) is 0 Å². The number of carbonyl (C=O) groups is 1. The summed E-state index contributed by atoms with van der Waals surface area (Å²) in [6.45, 7) is 5.89. The topological polar surface area (TPSA) is 76.2 Å². The third-order valence-corrected chi connectivity index (χ3v) is 2.48. The van der Waals surface area contributed by atoms with Gasteiger partial charge in [0.05, 0.1) is 11.1 Å². The molecule has 1 heterocycles. The van der Waals surface area contributed by atoms with Gasteiger partial charge in [0.15, 0.2) is 5.82 Å². The summed E-state index contributed by atoms with van der Waals surface area (Å²) in [5, 5.41) is 13.0. The Morgan fingerprint density at radius 2 is 1.94 bits per heavy atom. The van der Waals surface area contributed by atoms with Crippen molar-refractivity contribution in [2.24, 2.45) is 0 Å². The second-order valence-corrected chi connectivity index (χ2v) is 5.02. The highest BCUT2D eigenvalue weighted by Gasteiger charge is 2.23. The Hall–Kier alpha value is -2.17. The van der Waals surface area contributed by atoms with Crippen molar-refractivity contribution in [3.63, 3.8) is 0 Å². The van der Waals surface area contributed by atoms with Crippen molar-refractivity contribution in [1.82, 2.24) is 10.1 Å². The lowest BCUT2D eigenvalue weighted by atomic mass is 9.96. The molecule has 0 saturated carbocycles. The number of carboxylic acids is 1. The molecular formula is C13H14N2O3. The molecule has 1 aromatic heterocycles. The number of aromatic nitrogens is 2. The van der Waals surface area contributed by atoms with E-state index in [1.165, 1.54) is 6.07 Å². The Morgan fingerprint density at radius 1 is 1.28 bits per heavy atom. The molecule has 5 heteroatoms. The zero-order chi connectivity index (χ0) is 13.3. The Morgan fingerprint density at radius 3 is 2.50 bits per heavy atom. The average Bonchev–Trinajstić information content (AvgIpc) is 2.77. The highest BCUT2D eigenvalue weighted by molar-refractivity contribution is 5.94. The Kier molecular flexibility index (Phi) is 2.90. The normalized spacial score (nSPS) is 11.5. The maximum atomic E-state index is 11.1. The smallest absolute Gasteiger partial charge is 0.336 e. The minimum absolute atomic E-state index is 0.154. The van der Waals surface area contributed by atoms with Gasteiger partial charge in [0.25, 0.3) is 5.89 Å². The number of carboxylic acid groups (broad SMARTS) is 1. The first-order valence-corrected chi connectivity index (χ1v) is 5.56. The van der Waals surface area contributed by atoms with Crippen molar-refractivity contribution in [2.75, 3.05) is 0 Å². The number of hydrogen-bond acceptors (Lipinski definition) is 4. The molecule has 2 rings (SSSR count). The summed E-state index contributed by atoms with van der Waals surface area (Å²) in [7, 11) is 0. The van der Waals surface area contributed by atoms with Gasteiger partial charge < -0.3 is 9.63 Å². The van der Waals surface area contributed by atoms with Crippen molar-refractivity contribution in [2.45, 2.75) is 26.2 Å². The van der Waals surface area contributed by atoms with Gasteiger partial charge in [0.2, 0.25) is 0 Å². The molecule has 0 bridgehead atoms. The Labute approximate surface area is 104 Å². The number of rotatable bonds is 2. The van der Waals surface area contributed by atoms with Crippen LogP contribution in [0.4, 0.5) is 0 Å². The fourth-order valence-electron chi connectivity index (χ4n) is 1.49. The molecule has 94 valence electrons. The lowest BCUT2D eigenvalue weighted by Crippen LogP contribution is -2.13. The van der Waals surface area contributed by atoms with E-state index in [9.17, 15) is 4.79 Å². The van der Waals surface area contributed by atoms with Crippen molar-refractivity contribution in [3.05, 3.63) is 35.7 Å². The summed E-state index contributed by atoms with van der Waals surface area (Å²) < 4.78 is 5.14. The summed E-state index contributed by atoms with van der Waals surface area (Å²) in [6.07, 6.45) is 0. The second kappa shape index (κ2) is 4.25. The van der Waals surface area contributed by atoms with Crippen LogP contribution in [-0.2, 0) is 5.41 Å². The largest absolute Gasteiger partial charge is 0.478 e. The van der Waals surface area contributed by atoms with Gasteiger partial charge in [0.1, 0.15) is 0 Å². The van der Waals surface area contributed by atoms with Crippen LogP contribution in [-0.4, -0.2) is 21.2 Å². The van der Waals surface area contributed by atoms with Gasteiger partial charge in [-0.25, -0.2) is 4.79 Å². The fraction of sp³-hybridized carbons (Fsp3) is 0.308. The number of nitrogens with zero attached hydrogens (tertiary/aromatic N) is 2. The minimum Gasteiger partial charge on any atom is -0.478 e. The Balaban J connectivity index is 2.50. The summed E-state index contributed by atoms with van der Waals surface area (Å²) in [4.78, 5) is 15.4. The molecule has 18 heavy (non-hydrogen) atoms. The molecule has 0 amide bonds. The van der Waals surface area contributed by atoms with Crippen molar-refractivity contribution < 1.29 is 14.4 Å². The molecule has 0 atom stereocenters. The summed E-state index contributed by atoms with van der Waals surface area (Å²) in [5.41, 5.74) is 0.356. The monoisotopic (exact) mass is 246 g/mol. The molecule has 2 aromatic rings. The number of hydrogen-bond donors (Lipinski definition) is 1. The van der Waals surface area contributed by atoms with Crippen LogP contribution in [0.2, 0.25) is 0 Å². The van der Waals surface area contributed by atoms with E-state index in [4.69, 9.17) is 9.63 Å². The first kappa shape index (κ1) is 12.3. The lowest BCUT2D eigenvalue weighted by molar-refractivity contribution is 0.0697. The van der Waals surface area contributed by atoms with Gasteiger partial charge in [-0.3, -0.25) is 0 Å². The van der Waals surface area contributed by atoms with Gasteiger partial charge in [-0.1, -0.05) is 38.1 Å². The van der Waals surface area contributed by atoms with Crippen LogP contribution in [0.5, 0.6) is 0 Å². The lowest BCUT2D eigenvalue weighted by Gasteiger charge is -2.10. The number of aromatic carboxylic acids is 1. The van der Waals surface area contributed by atoms with Gasteiger partial charge in [-0.15, -0.1) is 0 Å². The van der Waals surface area contributed by atoms with Gasteiger partial charge in [-0.05, 0) is 12.1 Å². The SMILES string of the molecule is CC(C)(C)c1noc(-c2ccccc2C(=O)O)n1. The fourth-order valence-corrected chi connectivity index (χ4v) is 1.49. The predicted octanol–water partition coefficient (Wildman–Crippen LogP) is 2.73. The van der Waals surface area contributed by atoms with E-state index in [0.717, 1.165) is 0 Å². The first-order chi connectivity index (χ1) is 8.39. The Bertz CT molecular complexity index is 582. The highest BCUT2D eigenvalue weighted by atomic mass is 16.5. The second-order valence-electron chi connectivity index (χ2n) is 5.02. The molecule has 0 saturated heterocycles. The molecule has 1 aromatic carbocycles. The molecule has 0 radical (unpaired) electrons. The van der Waals surface area contributed by atoms with Gasteiger partial charge in [-0.2, -0.15) is 4.98 Å². The van der Waals surface area contributed by atoms with E-state index in [1.807, 2.05) is 20.8 Å². The molecule has 0 aliphatic carbocycles. The van der Waals surface area contributed by atoms with E-state index in [2.05, 4.69) is 10.1 Å². The molecule has 0 unspecified atom stereocenters. The third kappa shape index (κ3) is 2.25. The van der Waals surface area contributed by atoms with Crippen molar-refractivity contribution in [1.29, 1.82) is 0 Å². The maximum absolute atomic E-state index is 11.1. The molecule has 0 aliphatic rings. The van der Waals surface area contributed by atoms with Crippen LogP contribution >= 0.6 is 0 Å². The summed E-state index contributed by atoms with van der Waals surface area (Å²) in [6, 6.07) is 6.57. The van der Waals surface area contributed by atoms with E-state index >= 15 is 0 Å². The summed E-state index contributed by atoms with van der Waals surface area (Å²) in [5.74, 6) is -0.225. The molecule has 0 fully saturated rings. The predicted molar refractivity (Wildman–Crippen MR) is 65.4 cm³/mol. The molecule has 0 aliphatic heterocycles. The van der Waals surface area contributed by atoms with Crippen molar-refractivity contribution >= 4 is 5.97 Å². The zero-order valence-corrected chi connectivity index (χ0v) is 10.5. The van der Waals surface area contributed by atoms with E-state index in [0.29, 0.717) is 11.4 Å². The minimum atomic E-state index is -1.01. The quantitative estimate of drug-likeness (QED) is 0.881. The first-order valence-electron chi connectivity index (χ1n) is 5.56. The van der Waals surface area contributed by atoms with Gasteiger partial charge in [0, 0.05) is 5.41 Å².